The van der Waals surface area contributed by atoms with Gasteiger partial charge in [-0.2, -0.15) is 0 Å². The van der Waals surface area contributed by atoms with Gasteiger partial charge in [-0.1, -0.05) is 35.6 Å². The molecule has 1 N–H and O–H groups in total. The van der Waals surface area contributed by atoms with E-state index >= 15 is 0 Å². The summed E-state index contributed by atoms with van der Waals surface area (Å²) in [5.74, 6) is 0.779. The molecule has 0 aliphatic heterocycles. The molecule has 0 saturated carbocycles. The van der Waals surface area contributed by atoms with E-state index in [1.54, 1.807) is 0 Å². The summed E-state index contributed by atoms with van der Waals surface area (Å²) in [5.41, 5.74) is 2.92. The van der Waals surface area contributed by atoms with E-state index in [1.807, 2.05) is 49.4 Å². The number of carbonyl (C=O) groups excluding carboxylic acids is 1. The minimum atomic E-state index is -0.125. The summed E-state index contributed by atoms with van der Waals surface area (Å²) < 4.78 is 6.68. The summed E-state index contributed by atoms with van der Waals surface area (Å²) in [5, 5.41) is 11.5. The van der Waals surface area contributed by atoms with Crippen molar-refractivity contribution < 1.29 is 9.21 Å². The minimum Gasteiger partial charge on any atom is -0.421 e. The summed E-state index contributed by atoms with van der Waals surface area (Å²) >= 11 is 1.47. The van der Waals surface area contributed by atoms with Crippen LogP contribution in [0.25, 0.3) is 21.7 Å². The fourth-order valence-electron chi connectivity index (χ4n) is 2.54. The van der Waals surface area contributed by atoms with E-state index in [9.17, 15) is 4.79 Å². The zero-order chi connectivity index (χ0) is 17.9. The SMILES string of the molecule is Cc1ccc2nc(NC(=O)CCc3nnc(-c4ccccc4)o3)sc2c1. The first kappa shape index (κ1) is 16.4. The maximum atomic E-state index is 12.2. The highest BCUT2D eigenvalue weighted by Gasteiger charge is 2.12. The van der Waals surface area contributed by atoms with Crippen LogP contribution >= 0.6 is 11.3 Å². The Morgan fingerprint density at radius 2 is 2.00 bits per heavy atom. The van der Waals surface area contributed by atoms with Gasteiger partial charge in [0.15, 0.2) is 5.13 Å². The number of aromatic nitrogens is 3. The summed E-state index contributed by atoms with van der Waals surface area (Å²) in [7, 11) is 0. The topological polar surface area (TPSA) is 80.9 Å². The van der Waals surface area contributed by atoms with Gasteiger partial charge in [-0.3, -0.25) is 4.79 Å². The average Bonchev–Trinajstić information content (AvgIpc) is 3.27. The van der Waals surface area contributed by atoms with Crippen molar-refractivity contribution in [3.05, 3.63) is 60.0 Å². The van der Waals surface area contributed by atoms with Crippen molar-refractivity contribution in [3.63, 3.8) is 0 Å². The molecular formula is C19H16N4O2S. The zero-order valence-electron chi connectivity index (χ0n) is 14.1. The van der Waals surface area contributed by atoms with E-state index in [2.05, 4.69) is 26.6 Å². The van der Waals surface area contributed by atoms with Gasteiger partial charge in [-0.15, -0.1) is 10.2 Å². The van der Waals surface area contributed by atoms with E-state index in [1.165, 1.54) is 16.9 Å². The lowest BCUT2D eigenvalue weighted by Gasteiger charge is -1.99. The second kappa shape index (κ2) is 7.05. The van der Waals surface area contributed by atoms with Gasteiger partial charge in [0.2, 0.25) is 17.7 Å². The maximum absolute atomic E-state index is 12.2. The van der Waals surface area contributed by atoms with Crippen LogP contribution < -0.4 is 5.32 Å². The molecule has 6 nitrogen and oxygen atoms in total. The van der Waals surface area contributed by atoms with Crippen molar-refractivity contribution in [1.29, 1.82) is 0 Å². The van der Waals surface area contributed by atoms with Crippen LogP contribution in [-0.4, -0.2) is 21.1 Å². The highest BCUT2D eigenvalue weighted by Crippen LogP contribution is 2.26. The maximum Gasteiger partial charge on any atom is 0.247 e. The zero-order valence-corrected chi connectivity index (χ0v) is 14.9. The molecule has 0 aliphatic carbocycles. The molecule has 7 heteroatoms. The van der Waals surface area contributed by atoms with Crippen LogP contribution in [0.2, 0.25) is 0 Å². The third kappa shape index (κ3) is 3.62. The third-order valence-electron chi connectivity index (χ3n) is 3.84. The number of fused-ring (bicyclic) bond motifs is 1. The van der Waals surface area contributed by atoms with Gasteiger partial charge in [-0.05, 0) is 36.8 Å². The van der Waals surface area contributed by atoms with Crippen molar-refractivity contribution in [2.24, 2.45) is 0 Å². The molecule has 2 heterocycles. The second-order valence-electron chi connectivity index (χ2n) is 5.91. The van der Waals surface area contributed by atoms with Crippen LogP contribution in [0, 0.1) is 6.92 Å². The first-order chi connectivity index (χ1) is 12.7. The molecule has 0 spiro atoms. The van der Waals surface area contributed by atoms with Gasteiger partial charge in [0.25, 0.3) is 0 Å². The highest BCUT2D eigenvalue weighted by atomic mass is 32.1. The highest BCUT2D eigenvalue weighted by molar-refractivity contribution is 7.22. The van der Waals surface area contributed by atoms with Gasteiger partial charge >= 0.3 is 0 Å². The Morgan fingerprint density at radius 1 is 1.15 bits per heavy atom. The number of hydrogen-bond donors (Lipinski definition) is 1. The predicted molar refractivity (Wildman–Crippen MR) is 101 cm³/mol. The van der Waals surface area contributed by atoms with Gasteiger partial charge in [-0.25, -0.2) is 4.98 Å². The number of rotatable bonds is 5. The van der Waals surface area contributed by atoms with E-state index < -0.39 is 0 Å². The Kier molecular flexibility index (Phi) is 4.45. The lowest BCUT2D eigenvalue weighted by atomic mass is 10.2. The van der Waals surface area contributed by atoms with Gasteiger partial charge in [0.1, 0.15) is 0 Å². The monoisotopic (exact) mass is 364 g/mol. The van der Waals surface area contributed by atoms with E-state index in [4.69, 9.17) is 4.42 Å². The number of nitrogens with zero attached hydrogens (tertiary/aromatic N) is 3. The minimum absolute atomic E-state index is 0.125. The molecule has 4 aromatic rings. The van der Waals surface area contributed by atoms with E-state index in [-0.39, 0.29) is 12.3 Å². The number of anilines is 1. The fourth-order valence-corrected chi connectivity index (χ4v) is 3.52. The van der Waals surface area contributed by atoms with Crippen molar-refractivity contribution in [2.75, 3.05) is 5.32 Å². The Morgan fingerprint density at radius 3 is 2.85 bits per heavy atom. The lowest BCUT2D eigenvalue weighted by molar-refractivity contribution is -0.116. The summed E-state index contributed by atoms with van der Waals surface area (Å²) in [6.07, 6.45) is 0.640. The molecule has 0 radical (unpaired) electrons. The van der Waals surface area contributed by atoms with Crippen LogP contribution in [-0.2, 0) is 11.2 Å². The van der Waals surface area contributed by atoms with Crippen molar-refractivity contribution in [1.82, 2.24) is 15.2 Å². The first-order valence-electron chi connectivity index (χ1n) is 8.22. The molecular weight excluding hydrogens is 348 g/mol. The molecule has 0 saturated heterocycles. The number of nitrogens with one attached hydrogen (secondary N) is 1. The summed E-state index contributed by atoms with van der Waals surface area (Å²) in [4.78, 5) is 16.6. The molecule has 4 rings (SSSR count). The van der Waals surface area contributed by atoms with E-state index in [0.717, 1.165) is 15.8 Å². The van der Waals surface area contributed by atoms with Gasteiger partial charge < -0.3 is 9.73 Å². The molecule has 130 valence electrons. The van der Waals surface area contributed by atoms with Crippen LogP contribution in [0.3, 0.4) is 0 Å². The number of benzene rings is 2. The molecule has 2 aromatic heterocycles. The molecule has 2 aromatic carbocycles. The smallest absolute Gasteiger partial charge is 0.247 e. The molecule has 0 atom stereocenters. The standard InChI is InChI=1S/C19H16N4O2S/c1-12-7-8-14-15(11-12)26-19(20-14)21-16(24)9-10-17-22-23-18(25-17)13-5-3-2-4-6-13/h2-8,11H,9-10H2,1H3,(H,20,21,24). The largest absolute Gasteiger partial charge is 0.421 e. The predicted octanol–water partition coefficient (Wildman–Crippen LogP) is 4.23. The first-order valence-corrected chi connectivity index (χ1v) is 9.04. The molecule has 0 unspecified atom stereocenters. The van der Waals surface area contributed by atoms with Gasteiger partial charge in [0, 0.05) is 18.4 Å². The normalized spacial score (nSPS) is 11.0. The number of amides is 1. The molecule has 1 amide bonds. The Bertz CT molecular complexity index is 1060. The molecule has 26 heavy (non-hydrogen) atoms. The molecule has 0 bridgehead atoms. The second-order valence-corrected chi connectivity index (χ2v) is 6.94. The Balaban J connectivity index is 1.37. The van der Waals surface area contributed by atoms with Crippen LogP contribution in [0.4, 0.5) is 5.13 Å². The van der Waals surface area contributed by atoms with E-state index in [0.29, 0.717) is 23.3 Å². The molecule has 0 fully saturated rings. The summed E-state index contributed by atoms with van der Waals surface area (Å²) in [6, 6.07) is 15.6. The summed E-state index contributed by atoms with van der Waals surface area (Å²) in [6.45, 7) is 2.03. The number of aryl methyl sites for hydroxylation is 2. The third-order valence-corrected chi connectivity index (χ3v) is 4.78. The van der Waals surface area contributed by atoms with Crippen molar-refractivity contribution in [3.8, 4) is 11.5 Å². The van der Waals surface area contributed by atoms with Crippen LogP contribution in [0.15, 0.2) is 52.9 Å². The van der Waals surface area contributed by atoms with Crippen molar-refractivity contribution in [2.45, 2.75) is 19.8 Å². The van der Waals surface area contributed by atoms with Crippen molar-refractivity contribution >= 4 is 32.6 Å². The van der Waals surface area contributed by atoms with Crippen LogP contribution in [0.5, 0.6) is 0 Å². The Hall–Kier alpha value is -3.06. The molecule has 0 aliphatic rings. The Labute approximate surface area is 153 Å². The van der Waals surface area contributed by atoms with Crippen LogP contribution in [0.1, 0.15) is 17.9 Å². The lowest BCUT2D eigenvalue weighted by Crippen LogP contribution is -2.12. The number of thiazole rings is 1. The number of carbonyl (C=O) groups is 1. The van der Waals surface area contributed by atoms with Gasteiger partial charge in [0.05, 0.1) is 10.2 Å². The average molecular weight is 364 g/mol. The fraction of sp³-hybridized carbons (Fsp3) is 0.158. The number of hydrogen-bond acceptors (Lipinski definition) is 6. The quantitative estimate of drug-likeness (QED) is 0.573.